The normalized spacial score (nSPS) is 11.9. The van der Waals surface area contributed by atoms with Gasteiger partial charge in [-0.05, 0) is 13.8 Å². The van der Waals surface area contributed by atoms with E-state index in [4.69, 9.17) is 4.74 Å². The lowest BCUT2D eigenvalue weighted by molar-refractivity contribution is 0.0318. The number of rotatable bonds is 4. The lowest BCUT2D eigenvalue weighted by atomic mass is 10.1. The molecule has 0 aliphatic carbocycles. The lowest BCUT2D eigenvalue weighted by Crippen LogP contribution is -2.24. The van der Waals surface area contributed by atoms with Crippen molar-refractivity contribution in [1.29, 1.82) is 0 Å². The average molecular weight is 272 g/mol. The summed E-state index contributed by atoms with van der Waals surface area (Å²) in [6.45, 7) is 3.34. The molecule has 5 heteroatoms. The van der Waals surface area contributed by atoms with Crippen molar-refractivity contribution in [3.8, 4) is 0 Å². The first-order valence-corrected chi connectivity index (χ1v) is 6.29. The number of aryl methyl sites for hydroxylation is 1. The standard InChI is InChI=1S/C15H16N2O3/c1-10-13(9-16-17(10)3)15(19)20-11(2)14(18)12-7-5-4-6-8-12/h4-9,11H,1-3H3. The van der Waals surface area contributed by atoms with Gasteiger partial charge in [-0.3, -0.25) is 9.48 Å². The Morgan fingerprint density at radius 1 is 1.25 bits per heavy atom. The molecule has 0 N–H and O–H groups in total. The molecular weight excluding hydrogens is 256 g/mol. The van der Waals surface area contributed by atoms with Crippen LogP contribution in [0, 0.1) is 6.92 Å². The van der Waals surface area contributed by atoms with Gasteiger partial charge in [0.05, 0.1) is 6.20 Å². The van der Waals surface area contributed by atoms with E-state index in [-0.39, 0.29) is 5.78 Å². The molecule has 0 fully saturated rings. The number of ketones is 1. The smallest absolute Gasteiger partial charge is 0.342 e. The maximum Gasteiger partial charge on any atom is 0.342 e. The molecule has 1 heterocycles. The van der Waals surface area contributed by atoms with Gasteiger partial charge in [-0.15, -0.1) is 0 Å². The summed E-state index contributed by atoms with van der Waals surface area (Å²) in [6.07, 6.45) is 0.613. The van der Waals surface area contributed by atoms with Crippen LogP contribution in [0.2, 0.25) is 0 Å². The molecule has 2 aromatic rings. The van der Waals surface area contributed by atoms with Gasteiger partial charge in [0.1, 0.15) is 5.56 Å². The molecule has 1 aromatic carbocycles. The molecule has 0 radical (unpaired) electrons. The van der Waals surface area contributed by atoms with Gasteiger partial charge in [-0.2, -0.15) is 5.10 Å². The number of carbonyl (C=O) groups excluding carboxylic acids is 2. The maximum atomic E-state index is 12.1. The maximum absolute atomic E-state index is 12.1. The third kappa shape index (κ3) is 2.77. The van der Waals surface area contributed by atoms with Crippen molar-refractivity contribution < 1.29 is 14.3 Å². The number of carbonyl (C=O) groups is 2. The SMILES string of the molecule is Cc1c(C(=O)OC(C)C(=O)c2ccccc2)cnn1C. The third-order valence-electron chi connectivity index (χ3n) is 3.17. The zero-order valence-corrected chi connectivity index (χ0v) is 11.7. The number of aromatic nitrogens is 2. The number of hydrogen-bond acceptors (Lipinski definition) is 4. The number of esters is 1. The molecule has 0 amide bonds. The quantitative estimate of drug-likeness (QED) is 0.632. The summed E-state index contributed by atoms with van der Waals surface area (Å²) < 4.78 is 6.79. The van der Waals surface area contributed by atoms with Gasteiger partial charge in [-0.1, -0.05) is 30.3 Å². The van der Waals surface area contributed by atoms with E-state index in [1.54, 1.807) is 49.8 Å². The van der Waals surface area contributed by atoms with Crippen LogP contribution in [0.15, 0.2) is 36.5 Å². The van der Waals surface area contributed by atoms with Gasteiger partial charge < -0.3 is 4.74 Å². The van der Waals surface area contributed by atoms with Crippen molar-refractivity contribution in [1.82, 2.24) is 9.78 Å². The van der Waals surface area contributed by atoms with E-state index in [1.807, 2.05) is 6.07 Å². The fourth-order valence-electron chi connectivity index (χ4n) is 1.81. The van der Waals surface area contributed by atoms with Gasteiger partial charge in [0, 0.05) is 18.3 Å². The van der Waals surface area contributed by atoms with E-state index in [0.717, 1.165) is 0 Å². The number of Topliss-reactive ketones (excluding diaryl/α,β-unsaturated/α-hetero) is 1. The zero-order valence-electron chi connectivity index (χ0n) is 11.7. The van der Waals surface area contributed by atoms with Crippen molar-refractivity contribution in [2.75, 3.05) is 0 Å². The van der Waals surface area contributed by atoms with Crippen LogP contribution in [-0.2, 0) is 11.8 Å². The van der Waals surface area contributed by atoms with Crippen molar-refractivity contribution in [3.05, 3.63) is 53.3 Å². The minimum Gasteiger partial charge on any atom is -0.451 e. The van der Waals surface area contributed by atoms with Crippen LogP contribution in [0.5, 0.6) is 0 Å². The summed E-state index contributed by atoms with van der Waals surface area (Å²) in [4.78, 5) is 24.1. The lowest BCUT2D eigenvalue weighted by Gasteiger charge is -2.12. The van der Waals surface area contributed by atoms with Crippen LogP contribution in [0.3, 0.4) is 0 Å². The van der Waals surface area contributed by atoms with Gasteiger partial charge in [-0.25, -0.2) is 4.79 Å². The second kappa shape index (κ2) is 5.69. The van der Waals surface area contributed by atoms with Crippen LogP contribution in [0.4, 0.5) is 0 Å². The van der Waals surface area contributed by atoms with Gasteiger partial charge in [0.15, 0.2) is 6.10 Å². The van der Waals surface area contributed by atoms with Crippen LogP contribution in [0.25, 0.3) is 0 Å². The van der Waals surface area contributed by atoms with Crippen LogP contribution >= 0.6 is 0 Å². The van der Waals surface area contributed by atoms with Crippen LogP contribution in [-0.4, -0.2) is 27.6 Å². The number of ether oxygens (including phenoxy) is 1. The number of hydrogen-bond donors (Lipinski definition) is 0. The molecule has 0 aliphatic rings. The minimum absolute atomic E-state index is 0.222. The Balaban J connectivity index is 2.08. The molecule has 0 aliphatic heterocycles. The Morgan fingerprint density at radius 3 is 2.45 bits per heavy atom. The minimum atomic E-state index is -0.829. The third-order valence-corrected chi connectivity index (χ3v) is 3.17. The van der Waals surface area contributed by atoms with Crippen molar-refractivity contribution >= 4 is 11.8 Å². The van der Waals surface area contributed by atoms with Gasteiger partial charge >= 0.3 is 5.97 Å². The molecule has 2 rings (SSSR count). The Bertz CT molecular complexity index is 632. The van der Waals surface area contributed by atoms with Crippen LogP contribution < -0.4 is 0 Å². The molecule has 0 spiro atoms. The van der Waals surface area contributed by atoms with E-state index in [2.05, 4.69) is 5.10 Å². The zero-order chi connectivity index (χ0) is 14.7. The van der Waals surface area contributed by atoms with Crippen molar-refractivity contribution in [2.45, 2.75) is 20.0 Å². The Kier molecular flexibility index (Phi) is 3.98. The second-order valence-electron chi connectivity index (χ2n) is 4.55. The summed E-state index contributed by atoms with van der Waals surface area (Å²) in [7, 11) is 1.74. The summed E-state index contributed by atoms with van der Waals surface area (Å²) in [6, 6.07) is 8.76. The molecule has 20 heavy (non-hydrogen) atoms. The molecular formula is C15H16N2O3. The first kappa shape index (κ1) is 14.0. The van der Waals surface area contributed by atoms with Crippen LogP contribution in [0.1, 0.15) is 33.3 Å². The first-order valence-electron chi connectivity index (χ1n) is 6.29. The largest absolute Gasteiger partial charge is 0.451 e. The molecule has 0 bridgehead atoms. The molecule has 1 unspecified atom stereocenters. The summed E-state index contributed by atoms with van der Waals surface area (Å²) in [5, 5.41) is 3.98. The Hall–Kier alpha value is -2.43. The number of benzene rings is 1. The van der Waals surface area contributed by atoms with E-state index >= 15 is 0 Å². The topological polar surface area (TPSA) is 61.2 Å². The van der Waals surface area contributed by atoms with E-state index < -0.39 is 12.1 Å². The van der Waals surface area contributed by atoms with Gasteiger partial charge in [0.2, 0.25) is 5.78 Å². The Labute approximate surface area is 117 Å². The van der Waals surface area contributed by atoms with E-state index in [0.29, 0.717) is 16.8 Å². The molecule has 104 valence electrons. The highest BCUT2D eigenvalue weighted by molar-refractivity contribution is 6.01. The highest BCUT2D eigenvalue weighted by atomic mass is 16.5. The highest BCUT2D eigenvalue weighted by Gasteiger charge is 2.22. The summed E-state index contributed by atoms with van der Waals surface area (Å²) in [5.74, 6) is -0.757. The van der Waals surface area contributed by atoms with Crippen molar-refractivity contribution in [2.24, 2.45) is 7.05 Å². The monoisotopic (exact) mass is 272 g/mol. The van der Waals surface area contributed by atoms with Gasteiger partial charge in [0.25, 0.3) is 0 Å². The van der Waals surface area contributed by atoms with E-state index in [9.17, 15) is 9.59 Å². The number of nitrogens with zero attached hydrogens (tertiary/aromatic N) is 2. The summed E-state index contributed by atoms with van der Waals surface area (Å²) in [5.41, 5.74) is 1.60. The molecule has 1 aromatic heterocycles. The van der Waals surface area contributed by atoms with Crippen molar-refractivity contribution in [3.63, 3.8) is 0 Å². The highest BCUT2D eigenvalue weighted by Crippen LogP contribution is 2.11. The second-order valence-corrected chi connectivity index (χ2v) is 4.55. The molecule has 1 atom stereocenters. The Morgan fingerprint density at radius 2 is 1.90 bits per heavy atom. The summed E-state index contributed by atoms with van der Waals surface area (Å²) >= 11 is 0. The van der Waals surface area contributed by atoms with E-state index in [1.165, 1.54) is 6.20 Å². The fraction of sp³-hybridized carbons (Fsp3) is 0.267. The predicted molar refractivity (Wildman–Crippen MR) is 73.6 cm³/mol. The fourth-order valence-corrected chi connectivity index (χ4v) is 1.81. The molecule has 0 saturated carbocycles. The molecule has 5 nitrogen and oxygen atoms in total. The predicted octanol–water partition coefficient (Wildman–Crippen LogP) is 2.16. The molecule has 0 saturated heterocycles. The first-order chi connectivity index (χ1) is 9.50. The average Bonchev–Trinajstić information content (AvgIpc) is 2.79.